The van der Waals surface area contributed by atoms with Gasteiger partial charge in [0.25, 0.3) is 5.91 Å². The van der Waals surface area contributed by atoms with Crippen LogP contribution in [0.15, 0.2) is 24.5 Å². The molecule has 0 bridgehead atoms. The van der Waals surface area contributed by atoms with Gasteiger partial charge in [-0.3, -0.25) is 4.79 Å². The lowest BCUT2D eigenvalue weighted by Gasteiger charge is -2.34. The number of aryl methyl sites for hydroxylation is 1. The molecule has 0 aliphatic carbocycles. The summed E-state index contributed by atoms with van der Waals surface area (Å²) >= 11 is 0. The number of hydrogen-bond acceptors (Lipinski definition) is 7. The van der Waals surface area contributed by atoms with Gasteiger partial charge in [-0.2, -0.15) is 0 Å². The van der Waals surface area contributed by atoms with E-state index in [-0.39, 0.29) is 5.91 Å². The Kier molecular flexibility index (Phi) is 6.73. The summed E-state index contributed by atoms with van der Waals surface area (Å²) in [5, 5.41) is 0. The van der Waals surface area contributed by atoms with E-state index in [4.69, 9.17) is 0 Å². The van der Waals surface area contributed by atoms with Crippen LogP contribution in [0.2, 0.25) is 0 Å². The highest BCUT2D eigenvalue weighted by atomic mass is 16.2. The van der Waals surface area contributed by atoms with E-state index in [0.29, 0.717) is 43.8 Å². The Morgan fingerprint density at radius 3 is 2.29 bits per heavy atom. The number of carbonyl (C=O) groups is 1. The molecule has 3 rings (SSSR count). The third-order valence-electron chi connectivity index (χ3n) is 4.73. The number of aromatic nitrogens is 4. The van der Waals surface area contributed by atoms with Crippen molar-refractivity contribution in [2.75, 3.05) is 49.1 Å². The molecule has 3 heterocycles. The minimum absolute atomic E-state index is 0.0340. The summed E-state index contributed by atoms with van der Waals surface area (Å²) in [5.74, 6) is 1.33. The Morgan fingerprint density at radius 2 is 1.68 bits per heavy atom. The van der Waals surface area contributed by atoms with Crippen LogP contribution in [-0.4, -0.2) is 70.0 Å². The fraction of sp³-hybridized carbons (Fsp3) is 0.550. The van der Waals surface area contributed by atoms with Crippen LogP contribution < -0.4 is 9.80 Å². The Bertz CT molecular complexity index is 769. The van der Waals surface area contributed by atoms with Gasteiger partial charge in [-0.25, -0.2) is 19.9 Å². The van der Waals surface area contributed by atoms with Gasteiger partial charge < -0.3 is 14.7 Å². The molecule has 1 amide bonds. The van der Waals surface area contributed by atoms with E-state index < -0.39 is 0 Å². The van der Waals surface area contributed by atoms with Crippen molar-refractivity contribution in [1.29, 1.82) is 0 Å². The maximum Gasteiger partial charge on any atom is 0.272 e. The molecule has 0 atom stereocenters. The first-order valence-electron chi connectivity index (χ1n) is 10.0. The van der Waals surface area contributed by atoms with Gasteiger partial charge in [-0.15, -0.1) is 0 Å². The smallest absolute Gasteiger partial charge is 0.272 e. The van der Waals surface area contributed by atoms with Crippen LogP contribution in [0.25, 0.3) is 0 Å². The molecule has 2 aromatic rings. The molecule has 150 valence electrons. The topological polar surface area (TPSA) is 78.4 Å². The van der Waals surface area contributed by atoms with Crippen LogP contribution in [0.1, 0.15) is 42.9 Å². The summed E-state index contributed by atoms with van der Waals surface area (Å²) in [6, 6.07) is 3.59. The zero-order valence-corrected chi connectivity index (χ0v) is 17.0. The number of amides is 1. The lowest BCUT2D eigenvalue weighted by molar-refractivity contribution is 0.0740. The first-order chi connectivity index (χ1) is 13.6. The van der Waals surface area contributed by atoms with Crippen LogP contribution in [0.3, 0.4) is 0 Å². The minimum Gasteiger partial charge on any atom is -0.341 e. The van der Waals surface area contributed by atoms with Crippen molar-refractivity contribution in [2.24, 2.45) is 0 Å². The minimum atomic E-state index is -0.0340. The summed E-state index contributed by atoms with van der Waals surface area (Å²) in [6.07, 6.45) is 5.51. The quantitative estimate of drug-likeness (QED) is 0.725. The molecule has 2 aromatic heterocycles. The van der Waals surface area contributed by atoms with Crippen molar-refractivity contribution in [3.63, 3.8) is 0 Å². The van der Waals surface area contributed by atoms with Crippen molar-refractivity contribution in [2.45, 2.75) is 33.6 Å². The molecule has 0 aromatic carbocycles. The highest BCUT2D eigenvalue weighted by Crippen LogP contribution is 2.15. The van der Waals surface area contributed by atoms with E-state index >= 15 is 0 Å². The SMILES string of the molecule is CCCN(CCC)c1nc(C)cc(C(=O)N2CCN(c3ncccn3)CC2)n1. The van der Waals surface area contributed by atoms with Gasteiger partial charge in [0.15, 0.2) is 0 Å². The molecule has 28 heavy (non-hydrogen) atoms. The summed E-state index contributed by atoms with van der Waals surface area (Å²) in [4.78, 5) is 36.9. The molecule has 0 N–H and O–H groups in total. The zero-order chi connectivity index (χ0) is 19.9. The van der Waals surface area contributed by atoms with Crippen molar-refractivity contribution in [3.05, 3.63) is 35.9 Å². The van der Waals surface area contributed by atoms with E-state index in [2.05, 4.69) is 43.6 Å². The van der Waals surface area contributed by atoms with E-state index in [9.17, 15) is 4.79 Å². The van der Waals surface area contributed by atoms with Crippen molar-refractivity contribution in [3.8, 4) is 0 Å². The fourth-order valence-electron chi connectivity index (χ4n) is 3.38. The van der Waals surface area contributed by atoms with Gasteiger partial charge >= 0.3 is 0 Å². The van der Waals surface area contributed by atoms with Gasteiger partial charge in [0, 0.05) is 57.4 Å². The summed E-state index contributed by atoms with van der Waals surface area (Å²) in [5.41, 5.74) is 1.30. The molecule has 1 aliphatic rings. The number of carbonyl (C=O) groups excluding carboxylic acids is 1. The number of anilines is 2. The molecule has 0 radical (unpaired) electrons. The molecule has 1 fully saturated rings. The molecule has 0 spiro atoms. The average molecular weight is 384 g/mol. The highest BCUT2D eigenvalue weighted by Gasteiger charge is 2.25. The van der Waals surface area contributed by atoms with Crippen LogP contribution in [0, 0.1) is 6.92 Å². The summed E-state index contributed by atoms with van der Waals surface area (Å²) < 4.78 is 0. The van der Waals surface area contributed by atoms with E-state index in [1.165, 1.54) is 0 Å². The lowest BCUT2D eigenvalue weighted by Crippen LogP contribution is -2.49. The molecular formula is C20H29N7O. The number of hydrogen-bond donors (Lipinski definition) is 0. The Labute approximate surface area is 166 Å². The second-order valence-corrected chi connectivity index (χ2v) is 7.01. The van der Waals surface area contributed by atoms with Gasteiger partial charge in [0.05, 0.1) is 0 Å². The molecule has 1 saturated heterocycles. The van der Waals surface area contributed by atoms with E-state index in [0.717, 1.165) is 31.6 Å². The fourth-order valence-corrected chi connectivity index (χ4v) is 3.38. The Morgan fingerprint density at radius 1 is 1.04 bits per heavy atom. The largest absolute Gasteiger partial charge is 0.341 e. The maximum atomic E-state index is 13.1. The van der Waals surface area contributed by atoms with Gasteiger partial charge in [0.1, 0.15) is 5.69 Å². The molecule has 0 saturated carbocycles. The van der Waals surface area contributed by atoms with Gasteiger partial charge in [0.2, 0.25) is 11.9 Å². The normalized spacial score (nSPS) is 14.2. The van der Waals surface area contributed by atoms with Crippen LogP contribution in [-0.2, 0) is 0 Å². The standard InChI is InChI=1S/C20H29N7O/c1-4-9-26(10-5-2)20-23-16(3)15-17(24-20)18(28)25-11-13-27(14-12-25)19-21-7-6-8-22-19/h6-8,15H,4-5,9-14H2,1-3H3. The number of piperazine rings is 1. The van der Waals surface area contributed by atoms with Gasteiger partial charge in [-0.05, 0) is 31.9 Å². The first-order valence-corrected chi connectivity index (χ1v) is 10.0. The van der Waals surface area contributed by atoms with Crippen molar-refractivity contribution >= 4 is 17.8 Å². The Balaban J connectivity index is 1.70. The Hall–Kier alpha value is -2.77. The third-order valence-corrected chi connectivity index (χ3v) is 4.73. The highest BCUT2D eigenvalue weighted by molar-refractivity contribution is 5.92. The predicted octanol–water partition coefficient (Wildman–Crippen LogP) is 2.16. The second-order valence-electron chi connectivity index (χ2n) is 7.01. The predicted molar refractivity (Wildman–Crippen MR) is 110 cm³/mol. The average Bonchev–Trinajstić information content (AvgIpc) is 2.73. The summed E-state index contributed by atoms with van der Waals surface area (Å²) in [6.45, 7) is 10.7. The molecule has 8 nitrogen and oxygen atoms in total. The second kappa shape index (κ2) is 9.43. The van der Waals surface area contributed by atoms with Gasteiger partial charge in [-0.1, -0.05) is 13.8 Å². The monoisotopic (exact) mass is 383 g/mol. The lowest BCUT2D eigenvalue weighted by atomic mass is 10.2. The first kappa shape index (κ1) is 20.0. The zero-order valence-electron chi connectivity index (χ0n) is 17.0. The summed E-state index contributed by atoms with van der Waals surface area (Å²) in [7, 11) is 0. The van der Waals surface area contributed by atoms with Crippen molar-refractivity contribution < 1.29 is 4.79 Å². The third kappa shape index (κ3) is 4.74. The van der Waals surface area contributed by atoms with Crippen LogP contribution in [0.4, 0.5) is 11.9 Å². The van der Waals surface area contributed by atoms with E-state index in [1.807, 2.05) is 11.8 Å². The van der Waals surface area contributed by atoms with Crippen LogP contribution in [0.5, 0.6) is 0 Å². The van der Waals surface area contributed by atoms with Crippen molar-refractivity contribution in [1.82, 2.24) is 24.8 Å². The number of nitrogens with zero attached hydrogens (tertiary/aromatic N) is 7. The molecule has 1 aliphatic heterocycles. The molecule has 0 unspecified atom stereocenters. The maximum absolute atomic E-state index is 13.1. The number of rotatable bonds is 7. The molecule has 8 heteroatoms. The van der Waals surface area contributed by atoms with E-state index in [1.54, 1.807) is 24.5 Å². The van der Waals surface area contributed by atoms with Crippen LogP contribution >= 0.6 is 0 Å². The molecular weight excluding hydrogens is 354 g/mol.